The number of rotatable bonds is 7. The van der Waals surface area contributed by atoms with E-state index in [1.54, 1.807) is 12.1 Å². The van der Waals surface area contributed by atoms with Crippen LogP contribution in [-0.4, -0.2) is 47.5 Å². The van der Waals surface area contributed by atoms with Crippen LogP contribution in [0.5, 0.6) is 0 Å². The van der Waals surface area contributed by atoms with Crippen LogP contribution in [0, 0.1) is 6.92 Å². The van der Waals surface area contributed by atoms with Crippen LogP contribution in [-0.2, 0) is 4.74 Å². The van der Waals surface area contributed by atoms with Gasteiger partial charge in [0.05, 0.1) is 31.0 Å². The number of hydrogen-bond acceptors (Lipinski definition) is 5. The van der Waals surface area contributed by atoms with Crippen molar-refractivity contribution in [2.75, 3.05) is 31.7 Å². The Labute approximate surface area is 144 Å². The molecule has 0 saturated heterocycles. The summed E-state index contributed by atoms with van der Waals surface area (Å²) in [6.07, 6.45) is 1.32. The summed E-state index contributed by atoms with van der Waals surface area (Å²) in [6, 6.07) is 3.47. The van der Waals surface area contributed by atoms with E-state index in [4.69, 9.17) is 21.4 Å². The van der Waals surface area contributed by atoms with Crippen LogP contribution in [0.4, 0.5) is 5.69 Å². The predicted molar refractivity (Wildman–Crippen MR) is 92.1 cm³/mol. The zero-order valence-corrected chi connectivity index (χ0v) is 14.1. The molecule has 6 nitrogen and oxygen atoms in total. The maximum atomic E-state index is 11.4. The third kappa shape index (κ3) is 4.45. The van der Waals surface area contributed by atoms with Gasteiger partial charge in [0, 0.05) is 23.2 Å². The molecule has 3 N–H and O–H groups in total. The Kier molecular flexibility index (Phi) is 7.51. The van der Waals surface area contributed by atoms with Gasteiger partial charge in [-0.1, -0.05) is 11.6 Å². The van der Waals surface area contributed by atoms with Gasteiger partial charge in [-0.05, 0) is 24.6 Å². The van der Waals surface area contributed by atoms with Crippen LogP contribution >= 0.6 is 24.0 Å². The highest BCUT2D eigenvalue weighted by Gasteiger charge is 2.16. The van der Waals surface area contributed by atoms with Crippen LogP contribution in [0.15, 0.2) is 18.3 Å². The number of pyridine rings is 1. The number of aryl methyl sites for hydroxylation is 1. The molecule has 1 heterocycles. The van der Waals surface area contributed by atoms with Crippen molar-refractivity contribution in [3.8, 4) is 0 Å². The minimum absolute atomic E-state index is 0. The SMILES string of the molecule is Cc1c(Cl)ccc2c(NCCOCCO)c(C(=O)O)cnc12.Cl. The predicted octanol–water partition coefficient (Wildman–Crippen LogP) is 2.74. The number of nitrogens with zero attached hydrogens (tertiary/aromatic N) is 1. The fourth-order valence-corrected chi connectivity index (χ4v) is 2.30. The number of carboxylic acids is 1. The number of carboxylic acid groups (broad SMARTS) is 1. The van der Waals surface area contributed by atoms with Crippen molar-refractivity contribution >= 4 is 46.6 Å². The molecule has 0 bridgehead atoms. The van der Waals surface area contributed by atoms with Crippen LogP contribution in [0.2, 0.25) is 5.02 Å². The van der Waals surface area contributed by atoms with Gasteiger partial charge in [-0.3, -0.25) is 4.98 Å². The van der Waals surface area contributed by atoms with E-state index in [2.05, 4.69) is 10.3 Å². The van der Waals surface area contributed by atoms with E-state index >= 15 is 0 Å². The largest absolute Gasteiger partial charge is 0.478 e. The van der Waals surface area contributed by atoms with Crippen molar-refractivity contribution in [1.82, 2.24) is 4.98 Å². The molecule has 126 valence electrons. The van der Waals surface area contributed by atoms with Crippen molar-refractivity contribution in [2.24, 2.45) is 0 Å². The first kappa shape index (κ1) is 19.4. The Morgan fingerprint density at radius 1 is 1.39 bits per heavy atom. The molecule has 0 unspecified atom stereocenters. The van der Waals surface area contributed by atoms with Crippen LogP contribution < -0.4 is 5.32 Å². The number of aliphatic hydroxyl groups is 1. The molecule has 0 fully saturated rings. The van der Waals surface area contributed by atoms with Crippen molar-refractivity contribution in [3.05, 3.63) is 34.5 Å². The zero-order chi connectivity index (χ0) is 16.1. The number of hydrogen-bond donors (Lipinski definition) is 3. The highest BCUT2D eigenvalue weighted by atomic mass is 35.5. The molecular weight excluding hydrogens is 343 g/mol. The molecule has 0 amide bonds. The van der Waals surface area contributed by atoms with Crippen LogP contribution in [0.25, 0.3) is 10.9 Å². The lowest BCUT2D eigenvalue weighted by molar-refractivity contribution is 0.0697. The van der Waals surface area contributed by atoms with E-state index < -0.39 is 5.97 Å². The van der Waals surface area contributed by atoms with Gasteiger partial charge in [-0.2, -0.15) is 0 Å². The van der Waals surface area contributed by atoms with E-state index in [0.717, 1.165) is 5.56 Å². The summed E-state index contributed by atoms with van der Waals surface area (Å²) in [4.78, 5) is 15.6. The van der Waals surface area contributed by atoms with Gasteiger partial charge >= 0.3 is 5.97 Å². The molecule has 0 atom stereocenters. The summed E-state index contributed by atoms with van der Waals surface area (Å²) < 4.78 is 5.16. The van der Waals surface area contributed by atoms with E-state index in [9.17, 15) is 9.90 Å². The summed E-state index contributed by atoms with van der Waals surface area (Å²) in [5.41, 5.74) is 2.05. The number of fused-ring (bicyclic) bond motifs is 1. The Bertz CT molecular complexity index is 695. The molecule has 0 saturated carbocycles. The summed E-state index contributed by atoms with van der Waals surface area (Å²) in [6.45, 7) is 2.82. The van der Waals surface area contributed by atoms with Gasteiger partial charge in [0.2, 0.25) is 0 Å². The number of benzene rings is 1. The molecule has 2 aromatic rings. The van der Waals surface area contributed by atoms with Gasteiger partial charge in [-0.15, -0.1) is 12.4 Å². The van der Waals surface area contributed by atoms with E-state index in [0.29, 0.717) is 34.8 Å². The summed E-state index contributed by atoms with van der Waals surface area (Å²) in [7, 11) is 0. The highest BCUT2D eigenvalue weighted by Crippen LogP contribution is 2.31. The van der Waals surface area contributed by atoms with Gasteiger partial charge in [-0.25, -0.2) is 4.79 Å². The maximum absolute atomic E-state index is 11.4. The first-order valence-electron chi connectivity index (χ1n) is 6.80. The fraction of sp³-hybridized carbons (Fsp3) is 0.333. The number of ether oxygens (including phenoxy) is 1. The summed E-state index contributed by atoms with van der Waals surface area (Å²) in [5.74, 6) is -1.05. The van der Waals surface area contributed by atoms with E-state index in [1.165, 1.54) is 6.20 Å². The monoisotopic (exact) mass is 360 g/mol. The first-order valence-corrected chi connectivity index (χ1v) is 7.17. The zero-order valence-electron chi connectivity index (χ0n) is 12.5. The minimum Gasteiger partial charge on any atom is -0.478 e. The number of carbonyl (C=O) groups is 1. The second-order valence-electron chi connectivity index (χ2n) is 4.68. The molecule has 0 aliphatic heterocycles. The summed E-state index contributed by atoms with van der Waals surface area (Å²) in [5, 5.41) is 22.3. The number of anilines is 1. The van der Waals surface area contributed by atoms with E-state index in [1.807, 2.05) is 6.92 Å². The van der Waals surface area contributed by atoms with Gasteiger partial charge in [0.1, 0.15) is 5.56 Å². The third-order valence-electron chi connectivity index (χ3n) is 3.24. The van der Waals surface area contributed by atoms with Crippen molar-refractivity contribution in [3.63, 3.8) is 0 Å². The molecule has 0 aliphatic carbocycles. The van der Waals surface area contributed by atoms with Crippen molar-refractivity contribution in [2.45, 2.75) is 6.92 Å². The molecule has 0 aliphatic rings. The fourth-order valence-electron chi connectivity index (χ4n) is 2.15. The second-order valence-corrected chi connectivity index (χ2v) is 5.09. The lowest BCUT2D eigenvalue weighted by Crippen LogP contribution is -2.14. The van der Waals surface area contributed by atoms with Crippen LogP contribution in [0.3, 0.4) is 0 Å². The maximum Gasteiger partial charge on any atom is 0.339 e. The molecular formula is C15H18Cl2N2O4. The minimum atomic E-state index is -1.05. The quantitative estimate of drug-likeness (QED) is 0.657. The molecule has 1 aromatic heterocycles. The number of aliphatic hydroxyl groups excluding tert-OH is 1. The van der Waals surface area contributed by atoms with E-state index in [-0.39, 0.29) is 31.2 Å². The van der Waals surface area contributed by atoms with Gasteiger partial charge in [0.15, 0.2) is 0 Å². The molecule has 8 heteroatoms. The smallest absolute Gasteiger partial charge is 0.339 e. The molecule has 0 radical (unpaired) electrons. The topological polar surface area (TPSA) is 91.7 Å². The average molecular weight is 361 g/mol. The van der Waals surface area contributed by atoms with Crippen molar-refractivity contribution < 1.29 is 19.7 Å². The highest BCUT2D eigenvalue weighted by molar-refractivity contribution is 6.32. The second kappa shape index (κ2) is 8.88. The van der Waals surface area contributed by atoms with Crippen LogP contribution in [0.1, 0.15) is 15.9 Å². The molecule has 1 aromatic carbocycles. The standard InChI is InChI=1S/C15H17ClN2O4.ClH/c1-9-12(16)3-2-10-13(9)18-8-11(15(20)21)14(10)17-4-6-22-7-5-19;/h2-3,8,19H,4-7H2,1H3,(H,17,18)(H,20,21);1H. The number of nitrogens with one attached hydrogen (secondary N) is 1. The normalized spacial score (nSPS) is 10.4. The lowest BCUT2D eigenvalue weighted by atomic mass is 10.1. The van der Waals surface area contributed by atoms with Gasteiger partial charge in [0.25, 0.3) is 0 Å². The average Bonchev–Trinajstić information content (AvgIpc) is 2.50. The Morgan fingerprint density at radius 3 is 2.78 bits per heavy atom. The third-order valence-corrected chi connectivity index (χ3v) is 3.65. The molecule has 2 rings (SSSR count). The first-order chi connectivity index (χ1) is 10.6. The Balaban J connectivity index is 0.00000264. The van der Waals surface area contributed by atoms with Gasteiger partial charge < -0.3 is 20.3 Å². The Morgan fingerprint density at radius 2 is 2.13 bits per heavy atom. The number of halogens is 2. The lowest BCUT2D eigenvalue weighted by Gasteiger charge is -2.14. The number of aromatic carboxylic acids is 1. The number of aromatic nitrogens is 1. The summed E-state index contributed by atoms with van der Waals surface area (Å²) >= 11 is 6.08. The Hall–Kier alpha value is -1.60. The molecule has 23 heavy (non-hydrogen) atoms. The molecule has 0 spiro atoms. The van der Waals surface area contributed by atoms with Crippen molar-refractivity contribution in [1.29, 1.82) is 0 Å².